The molecule has 23 heavy (non-hydrogen) atoms. The molecule has 0 aromatic heterocycles. The predicted octanol–water partition coefficient (Wildman–Crippen LogP) is 5.00. The summed E-state index contributed by atoms with van der Waals surface area (Å²) in [5, 5.41) is 2.95. The summed E-state index contributed by atoms with van der Waals surface area (Å²) in [4.78, 5) is 12.2. The fraction of sp³-hybridized carbons (Fsp3) is 0.350. The first-order valence-corrected chi connectivity index (χ1v) is 8.31. The Morgan fingerprint density at radius 2 is 1.61 bits per heavy atom. The third-order valence-corrected chi connectivity index (χ3v) is 4.60. The number of ether oxygens (including phenoxy) is 1. The van der Waals surface area contributed by atoms with Crippen molar-refractivity contribution in [1.29, 1.82) is 0 Å². The van der Waals surface area contributed by atoms with Crippen molar-refractivity contribution in [3.05, 3.63) is 59.7 Å². The second kappa shape index (κ2) is 7.32. The van der Waals surface area contributed by atoms with Crippen LogP contribution in [0.5, 0.6) is 5.75 Å². The van der Waals surface area contributed by atoms with Gasteiger partial charge in [-0.25, -0.2) is 0 Å². The average Bonchev–Trinajstić information content (AvgIpc) is 2.63. The van der Waals surface area contributed by atoms with Gasteiger partial charge >= 0.3 is 0 Å². The van der Waals surface area contributed by atoms with Crippen molar-refractivity contribution in [3.8, 4) is 5.75 Å². The lowest BCUT2D eigenvalue weighted by atomic mass is 9.84. The molecular weight excluding hydrogens is 286 g/mol. The van der Waals surface area contributed by atoms with Gasteiger partial charge in [0.05, 0.1) is 7.11 Å². The van der Waals surface area contributed by atoms with Gasteiger partial charge in [0.25, 0.3) is 5.91 Å². The molecule has 1 saturated carbocycles. The van der Waals surface area contributed by atoms with E-state index in [1.54, 1.807) is 31.4 Å². The Morgan fingerprint density at radius 1 is 0.957 bits per heavy atom. The Kier molecular flexibility index (Phi) is 4.96. The highest BCUT2D eigenvalue weighted by atomic mass is 16.5. The first kappa shape index (κ1) is 15.6. The van der Waals surface area contributed by atoms with Crippen LogP contribution >= 0.6 is 0 Å². The third-order valence-electron chi connectivity index (χ3n) is 4.60. The van der Waals surface area contributed by atoms with Gasteiger partial charge in [0.1, 0.15) is 5.75 Å². The Bertz CT molecular complexity index is 640. The van der Waals surface area contributed by atoms with E-state index in [4.69, 9.17) is 4.74 Å². The lowest BCUT2D eigenvalue weighted by molar-refractivity contribution is 0.102. The minimum atomic E-state index is -0.0990. The van der Waals surface area contributed by atoms with Crippen LogP contribution in [-0.2, 0) is 0 Å². The van der Waals surface area contributed by atoms with Gasteiger partial charge in [-0.3, -0.25) is 4.79 Å². The predicted molar refractivity (Wildman–Crippen MR) is 93.2 cm³/mol. The monoisotopic (exact) mass is 309 g/mol. The number of methoxy groups -OCH3 is 1. The van der Waals surface area contributed by atoms with Gasteiger partial charge in [-0.1, -0.05) is 31.4 Å². The maximum Gasteiger partial charge on any atom is 0.255 e. The number of carbonyl (C=O) groups is 1. The average molecular weight is 309 g/mol. The second-order valence-electron chi connectivity index (χ2n) is 6.14. The number of carbonyl (C=O) groups excluding carboxylic acids is 1. The number of benzene rings is 2. The van der Waals surface area contributed by atoms with E-state index in [-0.39, 0.29) is 5.91 Å². The SMILES string of the molecule is COc1ccc(C(=O)Nc2ccc(C3CCCCC3)cc2)cc1. The summed E-state index contributed by atoms with van der Waals surface area (Å²) in [5.41, 5.74) is 2.86. The molecule has 3 rings (SSSR count). The van der Waals surface area contributed by atoms with Crippen molar-refractivity contribution in [3.63, 3.8) is 0 Å². The minimum absolute atomic E-state index is 0.0990. The quantitative estimate of drug-likeness (QED) is 0.863. The van der Waals surface area contributed by atoms with E-state index < -0.39 is 0 Å². The summed E-state index contributed by atoms with van der Waals surface area (Å²) < 4.78 is 5.11. The zero-order valence-corrected chi connectivity index (χ0v) is 13.5. The summed E-state index contributed by atoms with van der Waals surface area (Å²) in [5.74, 6) is 1.34. The molecular formula is C20H23NO2. The van der Waals surface area contributed by atoms with E-state index in [1.165, 1.54) is 37.7 Å². The maximum atomic E-state index is 12.2. The molecule has 1 fully saturated rings. The van der Waals surface area contributed by atoms with Crippen LogP contribution in [0.2, 0.25) is 0 Å². The molecule has 1 aliphatic carbocycles. The molecule has 0 atom stereocenters. The first-order chi connectivity index (χ1) is 11.3. The van der Waals surface area contributed by atoms with Crippen molar-refractivity contribution in [2.75, 3.05) is 12.4 Å². The molecule has 1 aliphatic rings. The van der Waals surface area contributed by atoms with Crippen LogP contribution in [0.1, 0.15) is 53.9 Å². The Hall–Kier alpha value is -2.29. The van der Waals surface area contributed by atoms with Gasteiger partial charge in [0.15, 0.2) is 0 Å². The summed E-state index contributed by atoms with van der Waals surface area (Å²) in [7, 11) is 1.61. The number of nitrogens with one attached hydrogen (secondary N) is 1. The van der Waals surface area contributed by atoms with E-state index >= 15 is 0 Å². The molecule has 2 aromatic rings. The van der Waals surface area contributed by atoms with Gasteiger partial charge in [-0.05, 0) is 60.7 Å². The molecule has 1 amide bonds. The zero-order chi connectivity index (χ0) is 16.1. The van der Waals surface area contributed by atoms with Gasteiger partial charge < -0.3 is 10.1 Å². The molecule has 2 aromatic carbocycles. The summed E-state index contributed by atoms with van der Waals surface area (Å²) >= 11 is 0. The molecule has 0 saturated heterocycles. The molecule has 0 radical (unpaired) electrons. The highest BCUT2D eigenvalue weighted by Crippen LogP contribution is 2.33. The van der Waals surface area contributed by atoms with E-state index in [2.05, 4.69) is 17.4 Å². The van der Waals surface area contributed by atoms with Crippen molar-refractivity contribution >= 4 is 11.6 Å². The van der Waals surface area contributed by atoms with E-state index in [9.17, 15) is 4.79 Å². The van der Waals surface area contributed by atoms with E-state index in [0.29, 0.717) is 11.5 Å². The molecule has 1 N–H and O–H groups in total. The van der Waals surface area contributed by atoms with Crippen LogP contribution in [0.4, 0.5) is 5.69 Å². The molecule has 3 nitrogen and oxygen atoms in total. The standard InChI is InChI=1S/C20H23NO2/c1-23-19-13-9-17(10-14-19)20(22)21-18-11-7-16(8-12-18)15-5-3-2-4-6-15/h7-15H,2-6H2,1H3,(H,21,22). The lowest BCUT2D eigenvalue weighted by Crippen LogP contribution is -2.12. The van der Waals surface area contributed by atoms with Gasteiger partial charge in [0, 0.05) is 11.3 Å². The van der Waals surface area contributed by atoms with Crippen LogP contribution < -0.4 is 10.1 Å². The van der Waals surface area contributed by atoms with Gasteiger partial charge in [-0.15, -0.1) is 0 Å². The van der Waals surface area contributed by atoms with Crippen molar-refractivity contribution < 1.29 is 9.53 Å². The zero-order valence-electron chi connectivity index (χ0n) is 13.5. The third kappa shape index (κ3) is 3.92. The Balaban J connectivity index is 1.63. The van der Waals surface area contributed by atoms with Crippen molar-refractivity contribution in [1.82, 2.24) is 0 Å². The number of hydrogen-bond donors (Lipinski definition) is 1. The minimum Gasteiger partial charge on any atom is -0.497 e. The highest BCUT2D eigenvalue weighted by molar-refractivity contribution is 6.04. The maximum absolute atomic E-state index is 12.2. The van der Waals surface area contributed by atoms with E-state index in [0.717, 1.165) is 11.4 Å². The van der Waals surface area contributed by atoms with Gasteiger partial charge in [-0.2, -0.15) is 0 Å². The van der Waals surface area contributed by atoms with Crippen molar-refractivity contribution in [2.24, 2.45) is 0 Å². The number of rotatable bonds is 4. The second-order valence-corrected chi connectivity index (χ2v) is 6.14. The first-order valence-electron chi connectivity index (χ1n) is 8.31. The molecule has 0 bridgehead atoms. The molecule has 0 spiro atoms. The highest BCUT2D eigenvalue weighted by Gasteiger charge is 2.15. The smallest absolute Gasteiger partial charge is 0.255 e. The molecule has 120 valence electrons. The Labute approximate surface area is 137 Å². The topological polar surface area (TPSA) is 38.3 Å². The summed E-state index contributed by atoms with van der Waals surface area (Å²) in [6.07, 6.45) is 6.61. The Morgan fingerprint density at radius 3 is 2.22 bits per heavy atom. The largest absolute Gasteiger partial charge is 0.497 e. The van der Waals surface area contributed by atoms with Crippen LogP contribution in [0, 0.1) is 0 Å². The number of hydrogen-bond acceptors (Lipinski definition) is 2. The van der Waals surface area contributed by atoms with Crippen LogP contribution in [0.25, 0.3) is 0 Å². The number of amides is 1. The van der Waals surface area contributed by atoms with Crippen LogP contribution in [0.3, 0.4) is 0 Å². The summed E-state index contributed by atoms with van der Waals surface area (Å²) in [6.45, 7) is 0. The lowest BCUT2D eigenvalue weighted by Gasteiger charge is -2.22. The molecule has 3 heteroatoms. The van der Waals surface area contributed by atoms with E-state index in [1.807, 2.05) is 12.1 Å². The fourth-order valence-electron chi connectivity index (χ4n) is 3.22. The van der Waals surface area contributed by atoms with Crippen LogP contribution in [0.15, 0.2) is 48.5 Å². The number of anilines is 1. The van der Waals surface area contributed by atoms with Crippen molar-refractivity contribution in [2.45, 2.75) is 38.0 Å². The normalized spacial score (nSPS) is 15.2. The molecule has 0 heterocycles. The van der Waals surface area contributed by atoms with Gasteiger partial charge in [0.2, 0.25) is 0 Å². The molecule has 0 aliphatic heterocycles. The van der Waals surface area contributed by atoms with Crippen LogP contribution in [-0.4, -0.2) is 13.0 Å². The molecule has 0 unspecified atom stereocenters. The fourth-order valence-corrected chi connectivity index (χ4v) is 3.22. The summed E-state index contributed by atoms with van der Waals surface area (Å²) in [6, 6.07) is 15.4.